The SMILES string of the molecule is CCC(C)c1ccc(NC(=S)Nc2cc(C(=O)OC)cc(C(=O)OC)c2)cc1. The number of thiocarbonyl (C=S) groups is 1. The molecule has 2 aromatic carbocycles. The van der Waals surface area contributed by atoms with Gasteiger partial charge in [-0.3, -0.25) is 0 Å². The van der Waals surface area contributed by atoms with Gasteiger partial charge in [-0.05, 0) is 60.5 Å². The van der Waals surface area contributed by atoms with Crippen molar-refractivity contribution in [3.63, 3.8) is 0 Å². The normalized spacial score (nSPS) is 11.3. The highest BCUT2D eigenvalue weighted by molar-refractivity contribution is 7.80. The van der Waals surface area contributed by atoms with E-state index in [1.807, 2.05) is 12.1 Å². The Labute approximate surface area is 170 Å². The van der Waals surface area contributed by atoms with Gasteiger partial charge in [0.25, 0.3) is 0 Å². The zero-order chi connectivity index (χ0) is 20.7. The smallest absolute Gasteiger partial charge is 0.337 e. The topological polar surface area (TPSA) is 76.7 Å². The number of benzene rings is 2. The minimum Gasteiger partial charge on any atom is -0.465 e. The summed E-state index contributed by atoms with van der Waals surface area (Å²) in [6.45, 7) is 4.34. The Morgan fingerprint density at radius 2 is 1.43 bits per heavy atom. The molecule has 0 fully saturated rings. The van der Waals surface area contributed by atoms with Crippen LogP contribution in [-0.2, 0) is 9.47 Å². The van der Waals surface area contributed by atoms with Crippen LogP contribution in [0.25, 0.3) is 0 Å². The first-order valence-corrected chi connectivity index (χ1v) is 9.28. The van der Waals surface area contributed by atoms with E-state index in [1.54, 1.807) is 12.1 Å². The second-order valence-corrected chi connectivity index (χ2v) is 6.70. The maximum absolute atomic E-state index is 11.9. The zero-order valence-corrected chi connectivity index (χ0v) is 17.2. The van der Waals surface area contributed by atoms with Crippen molar-refractivity contribution in [1.82, 2.24) is 0 Å². The van der Waals surface area contributed by atoms with Gasteiger partial charge < -0.3 is 20.1 Å². The molecule has 6 nitrogen and oxygen atoms in total. The minimum absolute atomic E-state index is 0.216. The van der Waals surface area contributed by atoms with Crippen molar-refractivity contribution in [3.05, 3.63) is 59.2 Å². The molecule has 7 heteroatoms. The molecule has 148 valence electrons. The Balaban J connectivity index is 2.16. The molecule has 0 aliphatic carbocycles. The van der Waals surface area contributed by atoms with Crippen molar-refractivity contribution in [2.24, 2.45) is 0 Å². The van der Waals surface area contributed by atoms with Crippen LogP contribution in [0.2, 0.25) is 0 Å². The van der Waals surface area contributed by atoms with Crippen LogP contribution in [0.3, 0.4) is 0 Å². The highest BCUT2D eigenvalue weighted by Crippen LogP contribution is 2.21. The number of rotatable bonds is 6. The molecule has 0 aliphatic rings. The summed E-state index contributed by atoms with van der Waals surface area (Å²) in [7, 11) is 2.55. The number of ether oxygens (including phenoxy) is 2. The summed E-state index contributed by atoms with van der Waals surface area (Å²) in [6, 6.07) is 12.6. The number of esters is 2. The fourth-order valence-corrected chi connectivity index (χ4v) is 2.83. The molecule has 1 unspecified atom stereocenters. The average Bonchev–Trinajstić information content (AvgIpc) is 2.72. The van der Waals surface area contributed by atoms with Gasteiger partial charge in [-0.25, -0.2) is 9.59 Å². The summed E-state index contributed by atoms with van der Waals surface area (Å²) in [6.07, 6.45) is 1.08. The van der Waals surface area contributed by atoms with E-state index in [4.69, 9.17) is 21.7 Å². The van der Waals surface area contributed by atoms with Crippen LogP contribution >= 0.6 is 12.2 Å². The Morgan fingerprint density at radius 3 is 1.89 bits per heavy atom. The van der Waals surface area contributed by atoms with Crippen LogP contribution in [0.4, 0.5) is 11.4 Å². The van der Waals surface area contributed by atoms with E-state index in [0.717, 1.165) is 12.1 Å². The summed E-state index contributed by atoms with van der Waals surface area (Å²) < 4.78 is 9.47. The maximum Gasteiger partial charge on any atom is 0.337 e. The number of hydrogen-bond donors (Lipinski definition) is 2. The summed E-state index contributed by atoms with van der Waals surface area (Å²) >= 11 is 5.35. The summed E-state index contributed by atoms with van der Waals surface area (Å²) in [4.78, 5) is 23.7. The second-order valence-electron chi connectivity index (χ2n) is 6.29. The fourth-order valence-electron chi connectivity index (χ4n) is 2.60. The van der Waals surface area contributed by atoms with Crippen molar-refractivity contribution in [2.45, 2.75) is 26.2 Å². The molecule has 0 bridgehead atoms. The quantitative estimate of drug-likeness (QED) is 0.543. The molecule has 0 radical (unpaired) electrons. The molecule has 0 heterocycles. The third-order valence-electron chi connectivity index (χ3n) is 4.38. The molecule has 0 spiro atoms. The maximum atomic E-state index is 11.9. The van der Waals surface area contributed by atoms with E-state index in [1.165, 1.54) is 25.8 Å². The predicted octanol–water partition coefficient (Wildman–Crippen LogP) is 4.58. The minimum atomic E-state index is -0.562. The number of carbonyl (C=O) groups is 2. The Kier molecular flexibility index (Phi) is 7.52. The van der Waals surface area contributed by atoms with Gasteiger partial charge >= 0.3 is 11.9 Å². The van der Waals surface area contributed by atoms with Crippen LogP contribution in [0.15, 0.2) is 42.5 Å². The molecule has 2 N–H and O–H groups in total. The highest BCUT2D eigenvalue weighted by Gasteiger charge is 2.14. The predicted molar refractivity (Wildman–Crippen MR) is 114 cm³/mol. The van der Waals surface area contributed by atoms with Gasteiger partial charge in [0.2, 0.25) is 0 Å². The van der Waals surface area contributed by atoms with Crippen LogP contribution in [0.1, 0.15) is 52.5 Å². The largest absolute Gasteiger partial charge is 0.465 e. The standard InChI is InChI=1S/C21H24N2O4S/c1-5-13(2)14-6-8-17(9-7-14)22-21(28)23-18-11-15(19(24)26-3)10-16(12-18)20(25)27-4/h6-13H,5H2,1-4H3,(H2,22,23,28). The lowest BCUT2D eigenvalue weighted by atomic mass is 9.99. The molecule has 2 aromatic rings. The molecule has 0 saturated heterocycles. The van der Waals surface area contributed by atoms with E-state index in [0.29, 0.717) is 16.7 Å². The van der Waals surface area contributed by atoms with Crippen molar-refractivity contribution in [3.8, 4) is 0 Å². The van der Waals surface area contributed by atoms with Crippen LogP contribution in [0.5, 0.6) is 0 Å². The molecule has 0 aromatic heterocycles. The molecular formula is C21H24N2O4S. The summed E-state index contributed by atoms with van der Waals surface area (Å²) in [5, 5.41) is 6.40. The van der Waals surface area contributed by atoms with Crippen LogP contribution in [-0.4, -0.2) is 31.3 Å². The molecular weight excluding hydrogens is 376 g/mol. The third-order valence-corrected chi connectivity index (χ3v) is 4.59. The molecule has 0 amide bonds. The lowest BCUT2D eigenvalue weighted by Gasteiger charge is -2.14. The van der Waals surface area contributed by atoms with Gasteiger partial charge in [0.15, 0.2) is 5.11 Å². The van der Waals surface area contributed by atoms with Crippen LogP contribution in [0, 0.1) is 0 Å². The first-order chi connectivity index (χ1) is 13.4. The average molecular weight is 401 g/mol. The lowest BCUT2D eigenvalue weighted by Crippen LogP contribution is -2.20. The number of nitrogens with one attached hydrogen (secondary N) is 2. The Morgan fingerprint density at radius 1 is 0.929 bits per heavy atom. The number of carbonyl (C=O) groups excluding carboxylic acids is 2. The Hall–Kier alpha value is -2.93. The van der Waals surface area contributed by atoms with E-state index >= 15 is 0 Å². The Bertz CT molecular complexity index is 831. The van der Waals surface area contributed by atoms with E-state index in [2.05, 4.69) is 36.6 Å². The van der Waals surface area contributed by atoms with Crippen molar-refractivity contribution < 1.29 is 19.1 Å². The second kappa shape index (κ2) is 9.85. The van der Waals surface area contributed by atoms with Gasteiger partial charge in [-0.15, -0.1) is 0 Å². The van der Waals surface area contributed by atoms with Gasteiger partial charge in [-0.1, -0.05) is 26.0 Å². The highest BCUT2D eigenvalue weighted by atomic mass is 32.1. The van der Waals surface area contributed by atoms with E-state index in [-0.39, 0.29) is 11.1 Å². The van der Waals surface area contributed by atoms with Crippen molar-refractivity contribution in [1.29, 1.82) is 0 Å². The molecule has 28 heavy (non-hydrogen) atoms. The number of hydrogen-bond acceptors (Lipinski definition) is 5. The third kappa shape index (κ3) is 5.53. The molecule has 1 atom stereocenters. The number of methoxy groups -OCH3 is 2. The van der Waals surface area contributed by atoms with Gasteiger partial charge in [0.05, 0.1) is 25.3 Å². The summed E-state index contributed by atoms with van der Waals surface area (Å²) in [5.41, 5.74) is 3.00. The first kappa shape index (κ1) is 21.4. The monoisotopic (exact) mass is 400 g/mol. The molecule has 2 rings (SSSR count). The summed E-state index contributed by atoms with van der Waals surface area (Å²) in [5.74, 6) is -0.626. The first-order valence-electron chi connectivity index (χ1n) is 8.87. The van der Waals surface area contributed by atoms with E-state index < -0.39 is 11.9 Å². The van der Waals surface area contributed by atoms with E-state index in [9.17, 15) is 9.59 Å². The van der Waals surface area contributed by atoms with Gasteiger partial charge in [0, 0.05) is 11.4 Å². The van der Waals surface area contributed by atoms with Crippen molar-refractivity contribution >= 4 is 40.6 Å². The van der Waals surface area contributed by atoms with Gasteiger partial charge in [-0.2, -0.15) is 0 Å². The van der Waals surface area contributed by atoms with Crippen molar-refractivity contribution in [2.75, 3.05) is 24.9 Å². The number of anilines is 2. The zero-order valence-electron chi connectivity index (χ0n) is 16.4. The molecule has 0 saturated carbocycles. The fraction of sp³-hybridized carbons (Fsp3) is 0.286. The van der Waals surface area contributed by atoms with Crippen LogP contribution < -0.4 is 10.6 Å². The molecule has 0 aliphatic heterocycles. The lowest BCUT2D eigenvalue weighted by molar-refractivity contribution is 0.0599. The van der Waals surface area contributed by atoms with Gasteiger partial charge in [0.1, 0.15) is 0 Å².